The van der Waals surface area contributed by atoms with Crippen molar-refractivity contribution >= 4 is 15.8 Å². The molecule has 0 bridgehead atoms. The van der Waals surface area contributed by atoms with Gasteiger partial charge in [-0.25, -0.2) is 8.42 Å². The third-order valence-corrected chi connectivity index (χ3v) is 4.86. The Labute approximate surface area is 96.4 Å². The van der Waals surface area contributed by atoms with Gasteiger partial charge in [0.05, 0.1) is 11.5 Å². The second-order valence-electron chi connectivity index (χ2n) is 4.48. The average molecular weight is 249 g/mol. The molecule has 0 aromatic heterocycles. The molecule has 1 N–H and O–H groups in total. The van der Waals surface area contributed by atoms with E-state index in [0.29, 0.717) is 13.0 Å². The molecule has 0 radical (unpaired) electrons. The fourth-order valence-electron chi connectivity index (χ4n) is 2.16. The molecule has 6 heteroatoms. The molecule has 2 atom stereocenters. The summed E-state index contributed by atoms with van der Waals surface area (Å²) in [6.45, 7) is 4.36. The number of hydrogen-bond donors (Lipinski definition) is 1. The summed E-state index contributed by atoms with van der Waals surface area (Å²) >= 11 is 0. The number of sulfone groups is 1. The molecular weight excluding hydrogens is 230 g/mol. The third kappa shape index (κ3) is 3.75. The van der Waals surface area contributed by atoms with Crippen molar-refractivity contribution in [2.45, 2.75) is 38.8 Å². The van der Waals surface area contributed by atoms with E-state index in [4.69, 9.17) is 5.11 Å². The molecule has 94 valence electrons. The van der Waals surface area contributed by atoms with Crippen LogP contribution in [0.1, 0.15) is 26.7 Å². The molecule has 1 saturated heterocycles. The average Bonchev–Trinajstić information content (AvgIpc) is 2.12. The Balaban J connectivity index is 2.51. The van der Waals surface area contributed by atoms with Crippen molar-refractivity contribution in [3.05, 3.63) is 0 Å². The SMILES string of the molecule is CC(CCC(=O)O)N1CCS(=O)(=O)CC1C. The minimum atomic E-state index is -2.89. The first-order valence-electron chi connectivity index (χ1n) is 5.50. The van der Waals surface area contributed by atoms with Gasteiger partial charge in [0.25, 0.3) is 0 Å². The lowest BCUT2D eigenvalue weighted by Crippen LogP contribution is -2.50. The highest BCUT2D eigenvalue weighted by Crippen LogP contribution is 2.17. The molecule has 1 heterocycles. The lowest BCUT2D eigenvalue weighted by atomic mass is 10.1. The van der Waals surface area contributed by atoms with E-state index < -0.39 is 15.8 Å². The molecule has 0 spiro atoms. The second-order valence-corrected chi connectivity index (χ2v) is 6.71. The molecule has 1 rings (SSSR count). The molecular formula is C10H19NO4S. The summed E-state index contributed by atoms with van der Waals surface area (Å²) in [6.07, 6.45) is 0.705. The lowest BCUT2D eigenvalue weighted by Gasteiger charge is -2.37. The van der Waals surface area contributed by atoms with E-state index >= 15 is 0 Å². The number of nitrogens with zero attached hydrogens (tertiary/aromatic N) is 1. The largest absolute Gasteiger partial charge is 0.481 e. The molecule has 0 saturated carbocycles. The fourth-order valence-corrected chi connectivity index (χ4v) is 3.75. The monoisotopic (exact) mass is 249 g/mol. The van der Waals surface area contributed by atoms with Gasteiger partial charge in [0.15, 0.2) is 9.84 Å². The van der Waals surface area contributed by atoms with Crippen LogP contribution in [0, 0.1) is 0 Å². The van der Waals surface area contributed by atoms with Gasteiger partial charge in [-0.3, -0.25) is 9.69 Å². The van der Waals surface area contributed by atoms with Crippen LogP contribution in [-0.2, 0) is 14.6 Å². The van der Waals surface area contributed by atoms with Gasteiger partial charge in [0.2, 0.25) is 0 Å². The fraction of sp³-hybridized carbons (Fsp3) is 0.900. The molecule has 1 fully saturated rings. The van der Waals surface area contributed by atoms with Gasteiger partial charge in [-0.05, 0) is 20.3 Å². The van der Waals surface area contributed by atoms with E-state index in [-0.39, 0.29) is 30.0 Å². The zero-order valence-electron chi connectivity index (χ0n) is 9.72. The number of aliphatic carboxylic acids is 1. The summed E-state index contributed by atoms with van der Waals surface area (Å²) in [5, 5.41) is 8.60. The number of rotatable bonds is 4. The predicted octanol–water partition coefficient (Wildman–Crippen LogP) is 0.359. The summed E-state index contributed by atoms with van der Waals surface area (Å²) in [7, 11) is -2.89. The minimum Gasteiger partial charge on any atom is -0.481 e. The first-order valence-corrected chi connectivity index (χ1v) is 7.32. The maximum absolute atomic E-state index is 11.4. The van der Waals surface area contributed by atoms with Gasteiger partial charge in [0, 0.05) is 25.0 Å². The van der Waals surface area contributed by atoms with Gasteiger partial charge in [0.1, 0.15) is 0 Å². The maximum Gasteiger partial charge on any atom is 0.303 e. The quantitative estimate of drug-likeness (QED) is 0.778. The van der Waals surface area contributed by atoms with Crippen LogP contribution >= 0.6 is 0 Å². The van der Waals surface area contributed by atoms with Crippen LogP contribution in [-0.4, -0.2) is 54.5 Å². The molecule has 1 aliphatic rings. The van der Waals surface area contributed by atoms with E-state index in [9.17, 15) is 13.2 Å². The summed E-state index contributed by atoms with van der Waals surface area (Å²) in [6, 6.07) is 0.115. The van der Waals surface area contributed by atoms with E-state index in [2.05, 4.69) is 4.90 Å². The molecule has 2 unspecified atom stereocenters. The van der Waals surface area contributed by atoms with Gasteiger partial charge >= 0.3 is 5.97 Å². The Kier molecular flexibility index (Phi) is 4.32. The lowest BCUT2D eigenvalue weighted by molar-refractivity contribution is -0.137. The number of hydrogen-bond acceptors (Lipinski definition) is 4. The highest BCUT2D eigenvalue weighted by atomic mass is 32.2. The maximum atomic E-state index is 11.4. The van der Waals surface area contributed by atoms with Crippen molar-refractivity contribution in [3.63, 3.8) is 0 Å². The first kappa shape index (κ1) is 13.4. The van der Waals surface area contributed by atoms with Crippen LogP contribution in [0.15, 0.2) is 0 Å². The first-order chi connectivity index (χ1) is 7.32. The molecule has 0 aromatic rings. The summed E-state index contributed by atoms with van der Waals surface area (Å²) < 4.78 is 22.7. The number of carboxylic acid groups (broad SMARTS) is 1. The number of carboxylic acids is 1. The van der Waals surface area contributed by atoms with Crippen molar-refractivity contribution in [2.75, 3.05) is 18.1 Å². The standard InChI is InChI=1S/C10H19NO4S/c1-8(3-4-10(12)13)11-5-6-16(14,15)7-9(11)2/h8-9H,3-7H2,1-2H3,(H,12,13). The van der Waals surface area contributed by atoms with E-state index in [1.54, 1.807) is 0 Å². The van der Waals surface area contributed by atoms with Crippen LogP contribution in [0.5, 0.6) is 0 Å². The van der Waals surface area contributed by atoms with Gasteiger partial charge in [-0.2, -0.15) is 0 Å². The van der Waals surface area contributed by atoms with E-state index in [1.165, 1.54) is 0 Å². The summed E-state index contributed by atoms with van der Waals surface area (Å²) in [5.41, 5.74) is 0. The molecule has 5 nitrogen and oxygen atoms in total. The van der Waals surface area contributed by atoms with Crippen LogP contribution < -0.4 is 0 Å². The molecule has 16 heavy (non-hydrogen) atoms. The van der Waals surface area contributed by atoms with Crippen molar-refractivity contribution in [1.82, 2.24) is 4.90 Å². The Morgan fingerprint density at radius 1 is 1.56 bits per heavy atom. The van der Waals surface area contributed by atoms with E-state index in [0.717, 1.165) is 0 Å². The Bertz CT molecular complexity index is 352. The zero-order chi connectivity index (χ0) is 12.3. The normalized spacial score (nSPS) is 27.5. The highest BCUT2D eigenvalue weighted by molar-refractivity contribution is 7.91. The van der Waals surface area contributed by atoms with Crippen molar-refractivity contribution in [1.29, 1.82) is 0 Å². The molecule has 0 aromatic carbocycles. The number of carbonyl (C=O) groups is 1. The molecule has 0 amide bonds. The Hall–Kier alpha value is -0.620. The Morgan fingerprint density at radius 3 is 2.69 bits per heavy atom. The predicted molar refractivity (Wildman–Crippen MR) is 61.2 cm³/mol. The molecule has 1 aliphatic heterocycles. The van der Waals surface area contributed by atoms with Crippen LogP contribution in [0.3, 0.4) is 0 Å². The third-order valence-electron chi connectivity index (χ3n) is 3.06. The smallest absolute Gasteiger partial charge is 0.303 e. The van der Waals surface area contributed by atoms with Crippen molar-refractivity contribution in [3.8, 4) is 0 Å². The van der Waals surface area contributed by atoms with E-state index in [1.807, 2.05) is 13.8 Å². The Morgan fingerprint density at radius 2 is 2.19 bits per heavy atom. The van der Waals surface area contributed by atoms with Gasteiger partial charge < -0.3 is 5.11 Å². The topological polar surface area (TPSA) is 74.7 Å². The molecule has 0 aliphatic carbocycles. The van der Waals surface area contributed by atoms with Gasteiger partial charge in [-0.15, -0.1) is 0 Å². The van der Waals surface area contributed by atoms with Gasteiger partial charge in [-0.1, -0.05) is 0 Å². The van der Waals surface area contributed by atoms with Crippen LogP contribution in [0.2, 0.25) is 0 Å². The van der Waals surface area contributed by atoms with Crippen LogP contribution in [0.25, 0.3) is 0 Å². The summed E-state index contributed by atoms with van der Waals surface area (Å²) in [5.74, 6) is -0.428. The highest BCUT2D eigenvalue weighted by Gasteiger charge is 2.30. The minimum absolute atomic E-state index is 0.0115. The second kappa shape index (κ2) is 5.14. The van der Waals surface area contributed by atoms with Crippen molar-refractivity contribution < 1.29 is 18.3 Å². The zero-order valence-corrected chi connectivity index (χ0v) is 10.5. The van der Waals surface area contributed by atoms with Crippen LogP contribution in [0.4, 0.5) is 0 Å². The van der Waals surface area contributed by atoms with Crippen molar-refractivity contribution in [2.24, 2.45) is 0 Å². The summed E-state index contributed by atoms with van der Waals surface area (Å²) in [4.78, 5) is 12.5.